The fourth-order valence-electron chi connectivity index (χ4n) is 1.64. The number of rotatable bonds is 8. The first-order valence-electron chi connectivity index (χ1n) is 6.12. The molecule has 3 N–H and O–H groups in total. The van der Waals surface area contributed by atoms with Crippen LogP contribution < -0.4 is 10.6 Å². The van der Waals surface area contributed by atoms with Crippen LogP contribution in [-0.2, 0) is 9.59 Å². The summed E-state index contributed by atoms with van der Waals surface area (Å²) in [7, 11) is 0. The zero-order chi connectivity index (χ0) is 13.4. The van der Waals surface area contributed by atoms with Crippen LogP contribution in [0.4, 0.5) is 0 Å². The average molecular weight is 244 g/mol. The summed E-state index contributed by atoms with van der Waals surface area (Å²) in [5.41, 5.74) is 0. The summed E-state index contributed by atoms with van der Waals surface area (Å²) < 4.78 is 0. The van der Waals surface area contributed by atoms with Crippen LogP contribution in [0.2, 0.25) is 0 Å². The van der Waals surface area contributed by atoms with Crippen molar-refractivity contribution in [3.63, 3.8) is 0 Å². The fourth-order valence-corrected chi connectivity index (χ4v) is 1.64. The highest BCUT2D eigenvalue weighted by Gasteiger charge is 2.21. The lowest BCUT2D eigenvalue weighted by Crippen LogP contribution is -2.43. The molecule has 0 saturated carbocycles. The molecular formula is C12H24N2O3. The molecule has 0 saturated heterocycles. The molecule has 0 aliphatic rings. The molecule has 0 aromatic carbocycles. The van der Waals surface area contributed by atoms with E-state index in [1.165, 1.54) is 0 Å². The van der Waals surface area contributed by atoms with Gasteiger partial charge < -0.3 is 15.7 Å². The van der Waals surface area contributed by atoms with Crippen molar-refractivity contribution < 1.29 is 14.7 Å². The number of carbonyl (C=O) groups is 2. The Kier molecular flexibility index (Phi) is 7.54. The van der Waals surface area contributed by atoms with Crippen LogP contribution in [0.15, 0.2) is 0 Å². The van der Waals surface area contributed by atoms with Gasteiger partial charge in [0.15, 0.2) is 0 Å². The molecule has 5 nitrogen and oxygen atoms in total. The third kappa shape index (κ3) is 7.74. The summed E-state index contributed by atoms with van der Waals surface area (Å²) in [6, 6.07) is -0.718. The van der Waals surface area contributed by atoms with Gasteiger partial charge in [0.1, 0.15) is 6.04 Å². The maximum Gasteiger partial charge on any atom is 0.326 e. The van der Waals surface area contributed by atoms with Crippen molar-refractivity contribution in [2.75, 3.05) is 6.54 Å². The normalized spacial score (nSPS) is 14.4. The number of hydrogen-bond donors (Lipinski definition) is 3. The van der Waals surface area contributed by atoms with Gasteiger partial charge in [-0.05, 0) is 25.8 Å². The minimum absolute atomic E-state index is 0.0634. The molecule has 17 heavy (non-hydrogen) atoms. The van der Waals surface area contributed by atoms with Crippen LogP contribution in [0.25, 0.3) is 0 Å². The monoisotopic (exact) mass is 244 g/mol. The van der Waals surface area contributed by atoms with Crippen LogP contribution in [0, 0.1) is 5.92 Å². The Labute approximate surface area is 103 Å². The van der Waals surface area contributed by atoms with E-state index in [1.54, 1.807) is 0 Å². The zero-order valence-corrected chi connectivity index (χ0v) is 11.1. The zero-order valence-electron chi connectivity index (χ0n) is 11.1. The molecule has 0 bridgehead atoms. The first-order valence-corrected chi connectivity index (χ1v) is 6.12. The maximum atomic E-state index is 11.6. The Hall–Kier alpha value is -1.10. The van der Waals surface area contributed by atoms with Gasteiger partial charge in [-0.2, -0.15) is 0 Å². The van der Waals surface area contributed by atoms with Gasteiger partial charge in [-0.25, -0.2) is 4.79 Å². The number of amides is 1. The number of carboxylic acid groups (broad SMARTS) is 1. The summed E-state index contributed by atoms with van der Waals surface area (Å²) in [6.45, 7) is 8.53. The van der Waals surface area contributed by atoms with Gasteiger partial charge in [0.2, 0.25) is 5.91 Å². The fraction of sp³-hybridized carbons (Fsp3) is 0.833. The number of hydrogen-bond acceptors (Lipinski definition) is 3. The van der Waals surface area contributed by atoms with E-state index in [1.807, 2.05) is 27.7 Å². The highest BCUT2D eigenvalue weighted by Crippen LogP contribution is 2.05. The molecular weight excluding hydrogens is 220 g/mol. The van der Waals surface area contributed by atoms with Crippen LogP contribution >= 0.6 is 0 Å². The summed E-state index contributed by atoms with van der Waals surface area (Å²) >= 11 is 0. The second kappa shape index (κ2) is 8.06. The Bertz CT molecular complexity index is 254. The van der Waals surface area contributed by atoms with Gasteiger partial charge in [0.25, 0.3) is 0 Å². The van der Waals surface area contributed by atoms with Gasteiger partial charge >= 0.3 is 5.97 Å². The molecule has 0 fully saturated rings. The second-order valence-electron chi connectivity index (χ2n) is 4.75. The largest absolute Gasteiger partial charge is 0.480 e. The van der Waals surface area contributed by atoms with Crippen LogP contribution in [0.3, 0.4) is 0 Å². The molecule has 0 heterocycles. The Morgan fingerprint density at radius 2 is 1.82 bits per heavy atom. The minimum atomic E-state index is -0.969. The van der Waals surface area contributed by atoms with E-state index in [0.717, 1.165) is 6.54 Å². The molecule has 0 rings (SSSR count). The van der Waals surface area contributed by atoms with Crippen molar-refractivity contribution in [1.29, 1.82) is 0 Å². The molecule has 0 aromatic rings. The lowest BCUT2D eigenvalue weighted by atomic mass is 10.0. The molecule has 0 radical (unpaired) electrons. The van der Waals surface area contributed by atoms with Gasteiger partial charge in [-0.15, -0.1) is 0 Å². The topological polar surface area (TPSA) is 78.4 Å². The summed E-state index contributed by atoms with van der Waals surface area (Å²) in [5.74, 6) is -0.947. The van der Waals surface area contributed by atoms with E-state index in [9.17, 15) is 9.59 Å². The first kappa shape index (κ1) is 15.9. The minimum Gasteiger partial charge on any atom is -0.480 e. The molecule has 0 aliphatic heterocycles. The van der Waals surface area contributed by atoms with E-state index in [0.29, 0.717) is 12.8 Å². The molecule has 2 atom stereocenters. The number of carboxylic acids is 1. The lowest BCUT2D eigenvalue weighted by Gasteiger charge is -2.18. The van der Waals surface area contributed by atoms with Crippen molar-refractivity contribution in [1.82, 2.24) is 10.6 Å². The van der Waals surface area contributed by atoms with Crippen LogP contribution in [-0.4, -0.2) is 35.6 Å². The predicted molar refractivity (Wildman–Crippen MR) is 66.8 cm³/mol. The van der Waals surface area contributed by atoms with Crippen LogP contribution in [0.1, 0.15) is 40.5 Å². The quantitative estimate of drug-likeness (QED) is 0.595. The summed E-state index contributed by atoms with van der Waals surface area (Å²) in [4.78, 5) is 22.6. The van der Waals surface area contributed by atoms with Gasteiger partial charge in [-0.3, -0.25) is 4.79 Å². The van der Waals surface area contributed by atoms with Gasteiger partial charge in [-0.1, -0.05) is 20.8 Å². The standard InChI is InChI=1S/C12H24N2O3/c1-5-13-9(4)7-11(15)14-10(12(16)17)6-8(2)3/h8-10,13H,5-7H2,1-4H3,(H,14,15)(H,16,17). The van der Waals surface area contributed by atoms with E-state index in [4.69, 9.17) is 5.11 Å². The third-order valence-corrected chi connectivity index (χ3v) is 2.38. The SMILES string of the molecule is CCNC(C)CC(=O)NC(CC(C)C)C(=O)O. The van der Waals surface area contributed by atoms with E-state index < -0.39 is 12.0 Å². The average Bonchev–Trinajstić information content (AvgIpc) is 2.15. The highest BCUT2D eigenvalue weighted by atomic mass is 16.4. The summed E-state index contributed by atoms with van der Waals surface area (Å²) in [6.07, 6.45) is 0.756. The van der Waals surface area contributed by atoms with Crippen LogP contribution in [0.5, 0.6) is 0 Å². The highest BCUT2D eigenvalue weighted by molar-refractivity contribution is 5.83. The van der Waals surface area contributed by atoms with Crippen molar-refractivity contribution in [3.05, 3.63) is 0 Å². The number of aliphatic carboxylic acids is 1. The summed E-state index contributed by atoms with van der Waals surface area (Å²) in [5, 5.41) is 14.6. The Morgan fingerprint density at radius 3 is 2.24 bits per heavy atom. The Morgan fingerprint density at radius 1 is 1.24 bits per heavy atom. The maximum absolute atomic E-state index is 11.6. The predicted octanol–water partition coefficient (Wildman–Crippen LogP) is 0.990. The molecule has 0 aromatic heterocycles. The molecule has 1 amide bonds. The molecule has 100 valence electrons. The lowest BCUT2D eigenvalue weighted by molar-refractivity contribution is -0.142. The number of carbonyl (C=O) groups excluding carboxylic acids is 1. The van der Waals surface area contributed by atoms with Gasteiger partial charge in [0, 0.05) is 12.5 Å². The third-order valence-electron chi connectivity index (χ3n) is 2.38. The molecule has 2 unspecified atom stereocenters. The molecule has 0 aliphatic carbocycles. The van der Waals surface area contributed by atoms with Gasteiger partial charge in [0.05, 0.1) is 0 Å². The Balaban J connectivity index is 4.17. The van der Waals surface area contributed by atoms with Crippen molar-refractivity contribution in [3.8, 4) is 0 Å². The second-order valence-corrected chi connectivity index (χ2v) is 4.75. The molecule has 0 spiro atoms. The number of nitrogens with one attached hydrogen (secondary N) is 2. The van der Waals surface area contributed by atoms with E-state index >= 15 is 0 Å². The van der Waals surface area contributed by atoms with E-state index in [-0.39, 0.29) is 17.9 Å². The van der Waals surface area contributed by atoms with Crippen molar-refractivity contribution >= 4 is 11.9 Å². The van der Waals surface area contributed by atoms with Crippen molar-refractivity contribution in [2.24, 2.45) is 5.92 Å². The smallest absolute Gasteiger partial charge is 0.326 e. The van der Waals surface area contributed by atoms with E-state index in [2.05, 4.69) is 10.6 Å². The van der Waals surface area contributed by atoms with Crippen molar-refractivity contribution in [2.45, 2.75) is 52.6 Å². The molecule has 5 heteroatoms. The first-order chi connectivity index (χ1) is 7.86.